The summed E-state index contributed by atoms with van der Waals surface area (Å²) < 4.78 is 22.6. The van der Waals surface area contributed by atoms with Gasteiger partial charge in [-0.2, -0.15) is 0 Å². The molecule has 10 heteroatoms. The van der Waals surface area contributed by atoms with Crippen LogP contribution in [0, 0.1) is 0 Å². The highest BCUT2D eigenvalue weighted by Crippen LogP contribution is 2.37. The average Bonchev–Trinajstić information content (AvgIpc) is 3.50. The standard InChI is InChI=1S/C21H18N2O7S/c1-3-28-21(26)16-14(12-7-5-9-30-12)15(20(25)27-2)17(22)23-18(24)13(31-19(16)23)10-11-6-4-8-29-11/h4-10,14H,3,22H2,1-2H3/b13-10+/t14-/m0/s1. The molecular formula is C21H18N2O7S. The maximum Gasteiger partial charge on any atom is 0.338 e. The Morgan fingerprint density at radius 2 is 1.94 bits per heavy atom. The van der Waals surface area contributed by atoms with Crippen molar-refractivity contribution in [3.8, 4) is 0 Å². The van der Waals surface area contributed by atoms with E-state index in [1.807, 2.05) is 0 Å². The highest BCUT2D eigenvalue weighted by Gasteiger charge is 2.41. The Bertz CT molecular complexity index is 1340. The molecule has 160 valence electrons. The van der Waals surface area contributed by atoms with E-state index in [2.05, 4.69) is 0 Å². The van der Waals surface area contributed by atoms with Crippen LogP contribution in [0.4, 0.5) is 0 Å². The number of rotatable bonds is 5. The molecule has 31 heavy (non-hydrogen) atoms. The Kier molecular flexibility index (Phi) is 5.38. The predicted octanol–water partition coefficient (Wildman–Crippen LogP) is 0.736. The van der Waals surface area contributed by atoms with Crippen molar-refractivity contribution in [3.05, 3.63) is 73.4 Å². The third-order valence-corrected chi connectivity index (χ3v) is 5.80. The van der Waals surface area contributed by atoms with E-state index in [0.717, 1.165) is 15.9 Å². The van der Waals surface area contributed by atoms with Crippen LogP contribution in [0.3, 0.4) is 0 Å². The Hall–Kier alpha value is -3.79. The summed E-state index contributed by atoms with van der Waals surface area (Å²) in [5.41, 5.74) is 5.76. The summed E-state index contributed by atoms with van der Waals surface area (Å²) >= 11 is 1.04. The molecule has 1 aliphatic rings. The van der Waals surface area contributed by atoms with Gasteiger partial charge in [-0.3, -0.25) is 9.36 Å². The van der Waals surface area contributed by atoms with Crippen molar-refractivity contribution in [3.63, 3.8) is 0 Å². The van der Waals surface area contributed by atoms with Crippen molar-refractivity contribution >= 4 is 40.7 Å². The van der Waals surface area contributed by atoms with Gasteiger partial charge in [0.05, 0.1) is 47.8 Å². The van der Waals surface area contributed by atoms with Gasteiger partial charge >= 0.3 is 11.9 Å². The van der Waals surface area contributed by atoms with Crippen LogP contribution in [0.2, 0.25) is 0 Å². The molecule has 0 radical (unpaired) electrons. The second kappa shape index (κ2) is 8.15. The van der Waals surface area contributed by atoms with Crippen molar-refractivity contribution in [2.45, 2.75) is 12.8 Å². The van der Waals surface area contributed by atoms with Crippen LogP contribution >= 0.6 is 11.3 Å². The van der Waals surface area contributed by atoms with Gasteiger partial charge in [-0.05, 0) is 31.2 Å². The van der Waals surface area contributed by atoms with Crippen molar-refractivity contribution in [2.75, 3.05) is 13.7 Å². The minimum atomic E-state index is -1.00. The number of carbonyl (C=O) groups is 2. The topological polar surface area (TPSA) is 127 Å². The first kappa shape index (κ1) is 20.5. The molecule has 1 atom stereocenters. The molecule has 0 aliphatic carbocycles. The van der Waals surface area contributed by atoms with Crippen molar-refractivity contribution in [1.29, 1.82) is 0 Å². The smallest absolute Gasteiger partial charge is 0.338 e. The van der Waals surface area contributed by atoms with Gasteiger partial charge in [-0.25, -0.2) is 9.59 Å². The van der Waals surface area contributed by atoms with E-state index < -0.39 is 23.4 Å². The lowest BCUT2D eigenvalue weighted by atomic mass is 9.87. The molecule has 3 aromatic rings. The third-order valence-electron chi connectivity index (χ3n) is 4.69. The number of fused-ring (bicyclic) bond motifs is 1. The zero-order valence-corrected chi connectivity index (χ0v) is 17.4. The zero-order valence-electron chi connectivity index (χ0n) is 16.6. The lowest BCUT2D eigenvalue weighted by molar-refractivity contribution is -0.136. The first-order chi connectivity index (χ1) is 15.0. The van der Waals surface area contributed by atoms with Crippen molar-refractivity contribution in [1.82, 2.24) is 4.57 Å². The Morgan fingerprint density at radius 3 is 2.55 bits per heavy atom. The fourth-order valence-electron chi connectivity index (χ4n) is 3.41. The van der Waals surface area contributed by atoms with Crippen LogP contribution in [0.25, 0.3) is 17.5 Å². The molecule has 0 saturated carbocycles. The van der Waals surface area contributed by atoms with Gasteiger partial charge in [0, 0.05) is 6.08 Å². The van der Waals surface area contributed by atoms with Gasteiger partial charge in [-0.15, -0.1) is 11.3 Å². The number of esters is 2. The van der Waals surface area contributed by atoms with Crippen LogP contribution in [-0.4, -0.2) is 30.2 Å². The lowest BCUT2D eigenvalue weighted by Crippen LogP contribution is -2.41. The van der Waals surface area contributed by atoms with Crippen LogP contribution in [0.15, 0.2) is 56.0 Å². The summed E-state index contributed by atoms with van der Waals surface area (Å²) in [6, 6.07) is 6.60. The maximum atomic E-state index is 13.2. The lowest BCUT2D eigenvalue weighted by Gasteiger charge is -2.24. The summed E-state index contributed by atoms with van der Waals surface area (Å²) in [4.78, 5) is 38.9. The minimum absolute atomic E-state index is 0.0626. The van der Waals surface area contributed by atoms with E-state index >= 15 is 0 Å². The molecule has 9 nitrogen and oxygen atoms in total. The van der Waals surface area contributed by atoms with Crippen molar-refractivity contribution in [2.24, 2.45) is 5.73 Å². The van der Waals surface area contributed by atoms with E-state index in [4.69, 9.17) is 24.0 Å². The summed E-state index contributed by atoms with van der Waals surface area (Å²) in [6.07, 6.45) is 4.42. The van der Waals surface area contributed by atoms with Gasteiger partial charge in [0.25, 0.3) is 5.56 Å². The first-order valence-corrected chi connectivity index (χ1v) is 10.1. The highest BCUT2D eigenvalue weighted by molar-refractivity contribution is 7.07. The molecule has 2 N–H and O–H groups in total. The highest BCUT2D eigenvalue weighted by atomic mass is 32.1. The van der Waals surface area contributed by atoms with Gasteiger partial charge in [0.1, 0.15) is 22.0 Å². The SMILES string of the molecule is CCOC(=O)C1=c2s/c(=C/c3ccco3)c(=O)n2C(N)=C(C(=O)OC)[C@@H]1c1ccco1. The van der Waals surface area contributed by atoms with E-state index in [1.54, 1.807) is 31.2 Å². The number of carbonyl (C=O) groups excluding carboxylic acids is 2. The number of furan rings is 2. The van der Waals surface area contributed by atoms with Gasteiger partial charge in [-0.1, -0.05) is 0 Å². The number of hydrogen-bond acceptors (Lipinski definition) is 9. The van der Waals surface area contributed by atoms with E-state index in [-0.39, 0.29) is 38.5 Å². The maximum absolute atomic E-state index is 13.2. The Morgan fingerprint density at radius 1 is 1.19 bits per heavy atom. The predicted molar refractivity (Wildman–Crippen MR) is 111 cm³/mol. The fraction of sp³-hybridized carbons (Fsp3) is 0.190. The van der Waals surface area contributed by atoms with Crippen LogP contribution in [-0.2, 0) is 19.1 Å². The zero-order chi connectivity index (χ0) is 22.1. The summed E-state index contributed by atoms with van der Waals surface area (Å²) in [6.45, 7) is 1.76. The van der Waals surface area contributed by atoms with Gasteiger partial charge in [0.2, 0.25) is 0 Å². The number of nitrogens with two attached hydrogens (primary N) is 1. The molecule has 0 fully saturated rings. The normalized spacial score (nSPS) is 16.4. The largest absolute Gasteiger partial charge is 0.468 e. The number of thiazole rings is 1. The number of ether oxygens (including phenoxy) is 2. The summed E-state index contributed by atoms with van der Waals surface area (Å²) in [5.74, 6) is -1.90. The molecule has 4 rings (SSSR count). The molecule has 0 saturated heterocycles. The van der Waals surface area contributed by atoms with Crippen LogP contribution < -0.4 is 20.5 Å². The number of hydrogen-bond donors (Lipinski definition) is 1. The summed E-state index contributed by atoms with van der Waals surface area (Å²) in [5, 5.41) is 0. The second-order valence-electron chi connectivity index (χ2n) is 6.44. The molecule has 0 amide bonds. The van der Waals surface area contributed by atoms with E-state index in [0.29, 0.717) is 5.76 Å². The summed E-state index contributed by atoms with van der Waals surface area (Å²) in [7, 11) is 1.19. The number of aromatic nitrogens is 1. The first-order valence-electron chi connectivity index (χ1n) is 9.28. The van der Waals surface area contributed by atoms with Gasteiger partial charge in [0.15, 0.2) is 0 Å². The molecule has 3 aromatic heterocycles. The number of nitrogens with zero attached hydrogens (tertiary/aromatic N) is 1. The van der Waals surface area contributed by atoms with E-state index in [9.17, 15) is 14.4 Å². The van der Waals surface area contributed by atoms with Crippen LogP contribution in [0.1, 0.15) is 24.4 Å². The second-order valence-corrected chi connectivity index (χ2v) is 7.48. The Labute approximate surface area is 179 Å². The monoisotopic (exact) mass is 442 g/mol. The molecular weight excluding hydrogens is 424 g/mol. The number of methoxy groups -OCH3 is 1. The quantitative estimate of drug-likeness (QED) is 0.573. The van der Waals surface area contributed by atoms with Gasteiger partial charge < -0.3 is 24.0 Å². The molecule has 4 heterocycles. The van der Waals surface area contributed by atoms with Crippen LogP contribution in [0.5, 0.6) is 0 Å². The molecule has 0 spiro atoms. The fourth-order valence-corrected chi connectivity index (χ4v) is 4.55. The average molecular weight is 442 g/mol. The molecule has 0 unspecified atom stereocenters. The molecule has 0 bridgehead atoms. The molecule has 1 aliphatic heterocycles. The minimum Gasteiger partial charge on any atom is -0.468 e. The Balaban J connectivity index is 2.13. The van der Waals surface area contributed by atoms with Crippen molar-refractivity contribution < 1.29 is 27.9 Å². The molecule has 0 aromatic carbocycles. The van der Waals surface area contributed by atoms with E-state index in [1.165, 1.54) is 25.7 Å². The third kappa shape index (κ3) is 3.40.